The number of benzene rings is 1. The van der Waals surface area contributed by atoms with Gasteiger partial charge in [-0.15, -0.1) is 0 Å². The van der Waals surface area contributed by atoms with Crippen LogP contribution in [0.25, 0.3) is 0 Å². The van der Waals surface area contributed by atoms with Crippen molar-refractivity contribution in [3.05, 3.63) is 42.1 Å². The van der Waals surface area contributed by atoms with Gasteiger partial charge in [-0.3, -0.25) is 4.21 Å². The summed E-state index contributed by atoms with van der Waals surface area (Å²) < 4.78 is 22.6. The number of nitrogens with two attached hydrogens (primary N) is 1. The van der Waals surface area contributed by atoms with Gasteiger partial charge in [-0.1, -0.05) is 6.07 Å². The number of anilines is 1. The van der Waals surface area contributed by atoms with Gasteiger partial charge in [-0.05, 0) is 24.3 Å². The summed E-state index contributed by atoms with van der Waals surface area (Å²) in [6, 6.07) is 10.5. The van der Waals surface area contributed by atoms with Gasteiger partial charge in [0.2, 0.25) is 5.88 Å². The maximum absolute atomic E-state index is 12.4. The molecule has 0 amide bonds. The molecule has 0 fully saturated rings. The molecular formula is C14H16N2O3S. The van der Waals surface area contributed by atoms with Gasteiger partial charge in [0.25, 0.3) is 0 Å². The van der Waals surface area contributed by atoms with Gasteiger partial charge in [0.15, 0.2) is 0 Å². The van der Waals surface area contributed by atoms with Crippen molar-refractivity contribution in [2.24, 2.45) is 0 Å². The number of hydrogen-bond donors (Lipinski definition) is 1. The Morgan fingerprint density at radius 2 is 2.00 bits per heavy atom. The molecule has 106 valence electrons. The summed E-state index contributed by atoms with van der Waals surface area (Å²) in [5, 5.41) is 0. The summed E-state index contributed by atoms with van der Waals surface area (Å²) in [4.78, 5) is 4.79. The second kappa shape index (κ2) is 6.38. The van der Waals surface area contributed by atoms with Gasteiger partial charge in [0, 0.05) is 11.8 Å². The average molecular weight is 292 g/mol. The van der Waals surface area contributed by atoms with E-state index >= 15 is 0 Å². The lowest BCUT2D eigenvalue weighted by Gasteiger charge is -2.08. The molecule has 1 unspecified atom stereocenters. The van der Waals surface area contributed by atoms with E-state index in [0.29, 0.717) is 27.9 Å². The number of pyridine rings is 1. The molecule has 1 atom stereocenters. The van der Waals surface area contributed by atoms with Crippen LogP contribution in [0.3, 0.4) is 0 Å². The summed E-state index contributed by atoms with van der Waals surface area (Å²) in [7, 11) is 1.81. The molecule has 2 aromatic rings. The molecular weight excluding hydrogens is 276 g/mol. The van der Waals surface area contributed by atoms with E-state index in [1.807, 2.05) is 6.07 Å². The van der Waals surface area contributed by atoms with Crippen LogP contribution in [0.2, 0.25) is 0 Å². The first-order valence-corrected chi connectivity index (χ1v) is 7.27. The number of ether oxygens (including phenoxy) is 2. The fourth-order valence-corrected chi connectivity index (χ4v) is 2.87. The molecule has 0 bridgehead atoms. The molecule has 0 spiro atoms. The molecule has 6 heteroatoms. The van der Waals surface area contributed by atoms with E-state index in [9.17, 15) is 4.21 Å². The Morgan fingerprint density at radius 1 is 1.20 bits per heavy atom. The SMILES string of the molecule is COc1ccc(N)c(S(=O)Cc2cccc(OC)n2)c1. The minimum Gasteiger partial charge on any atom is -0.497 e. The maximum Gasteiger partial charge on any atom is 0.213 e. The molecule has 1 aromatic carbocycles. The van der Waals surface area contributed by atoms with E-state index < -0.39 is 10.8 Å². The molecule has 5 nitrogen and oxygen atoms in total. The van der Waals surface area contributed by atoms with Crippen LogP contribution < -0.4 is 15.2 Å². The Labute approximate surface area is 120 Å². The molecule has 0 radical (unpaired) electrons. The first-order valence-electron chi connectivity index (χ1n) is 5.96. The monoisotopic (exact) mass is 292 g/mol. The number of aromatic nitrogens is 1. The number of nitrogen functional groups attached to an aromatic ring is 1. The molecule has 0 aliphatic heterocycles. The Kier molecular flexibility index (Phi) is 4.57. The molecule has 0 saturated carbocycles. The molecule has 2 rings (SSSR count). The van der Waals surface area contributed by atoms with Gasteiger partial charge in [-0.2, -0.15) is 0 Å². The van der Waals surface area contributed by atoms with Crippen molar-refractivity contribution in [1.29, 1.82) is 0 Å². The lowest BCUT2D eigenvalue weighted by atomic mass is 10.3. The number of nitrogens with zero attached hydrogens (tertiary/aromatic N) is 1. The highest BCUT2D eigenvalue weighted by Gasteiger charge is 2.11. The summed E-state index contributed by atoms with van der Waals surface area (Å²) >= 11 is 0. The molecule has 0 saturated heterocycles. The highest BCUT2D eigenvalue weighted by molar-refractivity contribution is 7.84. The molecule has 2 N–H and O–H groups in total. The lowest BCUT2D eigenvalue weighted by molar-refractivity contribution is 0.397. The van der Waals surface area contributed by atoms with Crippen molar-refractivity contribution in [2.45, 2.75) is 10.6 Å². The molecule has 20 heavy (non-hydrogen) atoms. The van der Waals surface area contributed by atoms with Gasteiger partial charge in [0.1, 0.15) is 5.75 Å². The number of methoxy groups -OCH3 is 2. The fraction of sp³-hybridized carbons (Fsp3) is 0.214. The largest absolute Gasteiger partial charge is 0.497 e. The topological polar surface area (TPSA) is 74.4 Å². The summed E-state index contributed by atoms with van der Waals surface area (Å²) in [5.41, 5.74) is 7.02. The van der Waals surface area contributed by atoms with E-state index in [-0.39, 0.29) is 5.75 Å². The Morgan fingerprint density at radius 3 is 2.70 bits per heavy atom. The lowest BCUT2D eigenvalue weighted by Crippen LogP contribution is -2.03. The Balaban J connectivity index is 2.23. The van der Waals surface area contributed by atoms with Gasteiger partial charge < -0.3 is 15.2 Å². The molecule has 0 aliphatic rings. The van der Waals surface area contributed by atoms with Crippen LogP contribution in [0.15, 0.2) is 41.3 Å². The maximum atomic E-state index is 12.4. The second-order valence-corrected chi connectivity index (χ2v) is 5.48. The van der Waals surface area contributed by atoms with Gasteiger partial charge in [-0.25, -0.2) is 4.98 Å². The summed E-state index contributed by atoms with van der Waals surface area (Å²) in [5.74, 6) is 1.40. The van der Waals surface area contributed by atoms with Crippen LogP contribution >= 0.6 is 0 Å². The summed E-state index contributed by atoms with van der Waals surface area (Å²) in [6.07, 6.45) is 0. The summed E-state index contributed by atoms with van der Waals surface area (Å²) in [6.45, 7) is 0. The van der Waals surface area contributed by atoms with Crippen molar-refractivity contribution < 1.29 is 13.7 Å². The standard InChI is InChI=1S/C14H16N2O3S/c1-18-11-6-7-12(15)13(8-11)20(17)9-10-4-3-5-14(16-10)19-2/h3-8H,9,15H2,1-2H3. The van der Waals surface area contributed by atoms with Crippen LogP contribution in [0.5, 0.6) is 11.6 Å². The van der Waals surface area contributed by atoms with Gasteiger partial charge >= 0.3 is 0 Å². The van der Waals surface area contributed by atoms with E-state index in [1.54, 1.807) is 44.6 Å². The number of hydrogen-bond acceptors (Lipinski definition) is 5. The highest BCUT2D eigenvalue weighted by Crippen LogP contribution is 2.24. The predicted octanol–water partition coefficient (Wildman–Crippen LogP) is 1.99. The zero-order valence-corrected chi connectivity index (χ0v) is 12.1. The number of rotatable bonds is 5. The molecule has 1 aromatic heterocycles. The highest BCUT2D eigenvalue weighted by atomic mass is 32.2. The van der Waals surface area contributed by atoms with Crippen molar-refractivity contribution in [3.8, 4) is 11.6 Å². The first kappa shape index (κ1) is 14.3. The Bertz CT molecular complexity index is 632. The van der Waals surface area contributed by atoms with Crippen molar-refractivity contribution in [3.63, 3.8) is 0 Å². The van der Waals surface area contributed by atoms with Crippen molar-refractivity contribution in [2.75, 3.05) is 20.0 Å². The van der Waals surface area contributed by atoms with E-state index in [2.05, 4.69) is 4.98 Å². The van der Waals surface area contributed by atoms with Crippen LogP contribution in [-0.2, 0) is 16.6 Å². The average Bonchev–Trinajstić information content (AvgIpc) is 2.47. The fourth-order valence-electron chi connectivity index (χ4n) is 1.70. The van der Waals surface area contributed by atoms with E-state index in [1.165, 1.54) is 0 Å². The predicted molar refractivity (Wildman–Crippen MR) is 78.3 cm³/mol. The van der Waals surface area contributed by atoms with E-state index in [4.69, 9.17) is 15.2 Å². The van der Waals surface area contributed by atoms with E-state index in [0.717, 1.165) is 0 Å². The third kappa shape index (κ3) is 3.27. The normalized spacial score (nSPS) is 11.9. The minimum atomic E-state index is -1.29. The zero-order valence-electron chi connectivity index (χ0n) is 11.3. The van der Waals surface area contributed by atoms with Gasteiger partial charge in [0.05, 0.1) is 41.4 Å². The zero-order chi connectivity index (χ0) is 14.5. The third-order valence-electron chi connectivity index (χ3n) is 2.74. The molecule has 0 aliphatic carbocycles. The third-order valence-corrected chi connectivity index (χ3v) is 4.14. The first-order chi connectivity index (χ1) is 9.63. The Hall–Kier alpha value is -2.08. The van der Waals surface area contributed by atoms with Crippen LogP contribution in [-0.4, -0.2) is 23.4 Å². The quantitative estimate of drug-likeness (QED) is 0.853. The van der Waals surface area contributed by atoms with Crippen molar-refractivity contribution in [1.82, 2.24) is 4.98 Å². The second-order valence-electron chi connectivity index (χ2n) is 4.06. The van der Waals surface area contributed by atoms with Crippen molar-refractivity contribution >= 4 is 16.5 Å². The smallest absolute Gasteiger partial charge is 0.213 e. The molecule has 1 heterocycles. The van der Waals surface area contributed by atoms with Crippen LogP contribution in [0.1, 0.15) is 5.69 Å². The van der Waals surface area contributed by atoms with Crippen LogP contribution in [0.4, 0.5) is 5.69 Å². The van der Waals surface area contributed by atoms with Crippen LogP contribution in [0, 0.1) is 0 Å². The minimum absolute atomic E-state index is 0.272.